The van der Waals surface area contributed by atoms with Gasteiger partial charge in [0.25, 0.3) is 0 Å². The molecule has 4 nitrogen and oxygen atoms in total. The molecule has 1 heterocycles. The Balaban J connectivity index is 1.47. The highest BCUT2D eigenvalue weighted by atomic mass is 32.2. The van der Waals surface area contributed by atoms with Crippen molar-refractivity contribution in [1.29, 1.82) is 0 Å². The Morgan fingerprint density at radius 2 is 2.00 bits per heavy atom. The summed E-state index contributed by atoms with van der Waals surface area (Å²) in [6, 6.07) is 15.9. The topological polar surface area (TPSA) is 49.8 Å². The number of ether oxygens (including phenoxy) is 1. The summed E-state index contributed by atoms with van der Waals surface area (Å²) in [5.74, 6) is 2.00. The van der Waals surface area contributed by atoms with Gasteiger partial charge in [0.05, 0.1) is 19.5 Å². The second kappa shape index (κ2) is 9.10. The highest BCUT2D eigenvalue weighted by molar-refractivity contribution is 8.00. The fraction of sp³-hybridized carbons (Fsp3) is 0.381. The SMILES string of the molecule is COc1cccc(SCC(=O)N2CC[C@@H](Cc3ccc(CO)cc3)C2)c1. The molecule has 1 N–H and O–H groups in total. The van der Waals surface area contributed by atoms with Crippen LogP contribution in [0.5, 0.6) is 5.75 Å². The average Bonchev–Trinajstić information content (AvgIpc) is 3.15. The number of hydrogen-bond acceptors (Lipinski definition) is 4. The van der Waals surface area contributed by atoms with Gasteiger partial charge >= 0.3 is 0 Å². The molecule has 0 saturated carbocycles. The van der Waals surface area contributed by atoms with E-state index in [4.69, 9.17) is 9.84 Å². The summed E-state index contributed by atoms with van der Waals surface area (Å²) in [7, 11) is 1.65. The third-order valence-corrected chi connectivity index (χ3v) is 5.75. The van der Waals surface area contributed by atoms with E-state index in [1.165, 1.54) is 5.56 Å². The molecule has 1 saturated heterocycles. The van der Waals surface area contributed by atoms with Crippen molar-refractivity contribution in [1.82, 2.24) is 4.90 Å². The predicted molar refractivity (Wildman–Crippen MR) is 104 cm³/mol. The lowest BCUT2D eigenvalue weighted by Gasteiger charge is -2.16. The molecule has 2 aromatic carbocycles. The Morgan fingerprint density at radius 3 is 2.73 bits per heavy atom. The van der Waals surface area contributed by atoms with Crippen LogP contribution < -0.4 is 4.74 Å². The summed E-state index contributed by atoms with van der Waals surface area (Å²) >= 11 is 1.56. The van der Waals surface area contributed by atoms with Crippen molar-refractivity contribution in [3.63, 3.8) is 0 Å². The van der Waals surface area contributed by atoms with Crippen LogP contribution in [0, 0.1) is 5.92 Å². The first-order valence-electron chi connectivity index (χ1n) is 8.91. The van der Waals surface area contributed by atoms with Crippen LogP contribution in [0.2, 0.25) is 0 Å². The van der Waals surface area contributed by atoms with Crippen LogP contribution in [0.4, 0.5) is 0 Å². The molecule has 5 heteroatoms. The van der Waals surface area contributed by atoms with E-state index in [1.54, 1.807) is 18.9 Å². The molecule has 0 radical (unpaired) electrons. The number of thioether (sulfide) groups is 1. The second-order valence-electron chi connectivity index (χ2n) is 6.64. The van der Waals surface area contributed by atoms with Gasteiger partial charge in [0.1, 0.15) is 5.75 Å². The first-order chi connectivity index (χ1) is 12.7. The zero-order valence-electron chi connectivity index (χ0n) is 15.1. The van der Waals surface area contributed by atoms with Crippen molar-refractivity contribution in [3.8, 4) is 5.75 Å². The first kappa shape index (κ1) is 18.8. The van der Waals surface area contributed by atoms with Gasteiger partial charge in [0, 0.05) is 18.0 Å². The van der Waals surface area contributed by atoms with Crippen LogP contribution in [0.3, 0.4) is 0 Å². The predicted octanol–water partition coefficient (Wildman–Crippen LogP) is 3.37. The Labute approximate surface area is 159 Å². The van der Waals surface area contributed by atoms with Gasteiger partial charge in [0.15, 0.2) is 0 Å². The summed E-state index contributed by atoms with van der Waals surface area (Å²) < 4.78 is 5.22. The van der Waals surface area contributed by atoms with Crippen molar-refractivity contribution < 1.29 is 14.6 Å². The van der Waals surface area contributed by atoms with E-state index in [9.17, 15) is 4.79 Å². The van der Waals surface area contributed by atoms with E-state index in [1.807, 2.05) is 41.3 Å². The second-order valence-corrected chi connectivity index (χ2v) is 7.69. The van der Waals surface area contributed by atoms with Gasteiger partial charge < -0.3 is 14.7 Å². The van der Waals surface area contributed by atoms with E-state index in [2.05, 4.69) is 12.1 Å². The summed E-state index contributed by atoms with van der Waals surface area (Å²) in [4.78, 5) is 15.5. The normalized spacial score (nSPS) is 16.7. The van der Waals surface area contributed by atoms with Crippen molar-refractivity contribution in [2.24, 2.45) is 5.92 Å². The van der Waals surface area contributed by atoms with Crippen LogP contribution in [-0.2, 0) is 17.8 Å². The van der Waals surface area contributed by atoms with E-state index in [0.29, 0.717) is 11.7 Å². The fourth-order valence-corrected chi connectivity index (χ4v) is 4.11. The van der Waals surface area contributed by atoms with E-state index < -0.39 is 0 Å². The van der Waals surface area contributed by atoms with E-state index >= 15 is 0 Å². The third-order valence-electron chi connectivity index (χ3n) is 4.77. The number of aliphatic hydroxyl groups excluding tert-OH is 1. The summed E-state index contributed by atoms with van der Waals surface area (Å²) in [5.41, 5.74) is 2.21. The maximum absolute atomic E-state index is 12.5. The molecule has 1 fully saturated rings. The largest absolute Gasteiger partial charge is 0.497 e. The van der Waals surface area contributed by atoms with Gasteiger partial charge in [-0.3, -0.25) is 4.79 Å². The number of nitrogens with zero attached hydrogens (tertiary/aromatic N) is 1. The minimum absolute atomic E-state index is 0.0803. The molecule has 0 unspecified atom stereocenters. The van der Waals surface area contributed by atoms with E-state index in [0.717, 1.165) is 42.1 Å². The van der Waals surface area contributed by atoms with Gasteiger partial charge in [-0.1, -0.05) is 30.3 Å². The molecule has 1 amide bonds. The molecule has 2 aromatic rings. The van der Waals surface area contributed by atoms with Crippen molar-refractivity contribution >= 4 is 17.7 Å². The monoisotopic (exact) mass is 371 g/mol. The van der Waals surface area contributed by atoms with Crippen molar-refractivity contribution in [3.05, 3.63) is 59.7 Å². The number of rotatable bonds is 7. The van der Waals surface area contributed by atoms with Gasteiger partial charge in [-0.15, -0.1) is 11.8 Å². The molecule has 0 bridgehead atoms. The third kappa shape index (κ3) is 5.02. The van der Waals surface area contributed by atoms with Crippen LogP contribution in [0.25, 0.3) is 0 Å². The number of carbonyl (C=O) groups is 1. The lowest BCUT2D eigenvalue weighted by molar-refractivity contribution is -0.127. The number of carbonyl (C=O) groups excluding carboxylic acids is 1. The van der Waals surface area contributed by atoms with Crippen LogP contribution in [0.15, 0.2) is 53.4 Å². The Bertz CT molecular complexity index is 732. The van der Waals surface area contributed by atoms with Gasteiger partial charge in [-0.05, 0) is 48.1 Å². The molecule has 1 atom stereocenters. The highest BCUT2D eigenvalue weighted by Gasteiger charge is 2.26. The zero-order chi connectivity index (χ0) is 18.4. The molecule has 1 aliphatic rings. The maximum Gasteiger partial charge on any atom is 0.232 e. The zero-order valence-corrected chi connectivity index (χ0v) is 15.9. The number of benzene rings is 2. The Hall–Kier alpha value is -1.98. The lowest BCUT2D eigenvalue weighted by Crippen LogP contribution is -2.30. The van der Waals surface area contributed by atoms with Crippen LogP contribution >= 0.6 is 11.8 Å². The lowest BCUT2D eigenvalue weighted by atomic mass is 9.98. The average molecular weight is 372 g/mol. The van der Waals surface area contributed by atoms with Crippen LogP contribution in [-0.4, -0.2) is 41.9 Å². The first-order valence-corrected chi connectivity index (χ1v) is 9.90. The summed E-state index contributed by atoms with van der Waals surface area (Å²) in [5, 5.41) is 9.12. The number of hydrogen-bond donors (Lipinski definition) is 1. The number of amides is 1. The fourth-order valence-electron chi connectivity index (χ4n) is 3.27. The molecule has 1 aliphatic heterocycles. The Morgan fingerprint density at radius 1 is 1.23 bits per heavy atom. The minimum atomic E-state index is 0.0803. The summed E-state index contributed by atoms with van der Waals surface area (Å²) in [6.07, 6.45) is 2.04. The van der Waals surface area contributed by atoms with Gasteiger partial charge in [-0.25, -0.2) is 0 Å². The standard InChI is InChI=1S/C21H25NO3S/c1-25-19-3-2-4-20(12-19)26-15-21(24)22-10-9-18(13-22)11-16-5-7-17(14-23)8-6-16/h2-8,12,18,23H,9-11,13-15H2,1H3/t18-/m0/s1. The van der Waals surface area contributed by atoms with Gasteiger partial charge in [0.2, 0.25) is 5.91 Å². The number of likely N-dealkylation sites (tertiary alicyclic amines) is 1. The molecular weight excluding hydrogens is 346 g/mol. The molecule has 0 aliphatic carbocycles. The van der Waals surface area contributed by atoms with Gasteiger partial charge in [-0.2, -0.15) is 0 Å². The summed E-state index contributed by atoms with van der Waals surface area (Å²) in [6.45, 7) is 1.76. The Kier molecular flexibility index (Phi) is 6.58. The quantitative estimate of drug-likeness (QED) is 0.758. The molecule has 0 spiro atoms. The van der Waals surface area contributed by atoms with Crippen molar-refractivity contribution in [2.45, 2.75) is 24.3 Å². The molecule has 3 rings (SSSR count). The van der Waals surface area contributed by atoms with E-state index in [-0.39, 0.29) is 12.5 Å². The highest BCUT2D eigenvalue weighted by Crippen LogP contribution is 2.25. The number of aliphatic hydroxyl groups is 1. The van der Waals surface area contributed by atoms with Crippen molar-refractivity contribution in [2.75, 3.05) is 26.0 Å². The number of methoxy groups -OCH3 is 1. The molecular formula is C21H25NO3S. The minimum Gasteiger partial charge on any atom is -0.497 e. The molecule has 26 heavy (non-hydrogen) atoms. The maximum atomic E-state index is 12.5. The molecule has 0 aromatic heterocycles. The smallest absolute Gasteiger partial charge is 0.232 e. The van der Waals surface area contributed by atoms with Crippen LogP contribution in [0.1, 0.15) is 17.5 Å². The molecule has 138 valence electrons.